The quantitative estimate of drug-likeness (QED) is 0.874. The van der Waals surface area contributed by atoms with Gasteiger partial charge in [0.15, 0.2) is 5.13 Å². The highest BCUT2D eigenvalue weighted by Gasteiger charge is 2.24. The first kappa shape index (κ1) is 16.0. The van der Waals surface area contributed by atoms with Gasteiger partial charge in [-0.05, 0) is 26.3 Å². The van der Waals surface area contributed by atoms with Crippen molar-refractivity contribution in [2.24, 2.45) is 0 Å². The second-order valence-corrected chi connectivity index (χ2v) is 6.80. The summed E-state index contributed by atoms with van der Waals surface area (Å²) in [5.74, 6) is -0.316. The third-order valence-electron chi connectivity index (χ3n) is 4.13. The molecule has 0 radical (unpaired) electrons. The van der Waals surface area contributed by atoms with E-state index in [0.717, 1.165) is 59.0 Å². The summed E-state index contributed by atoms with van der Waals surface area (Å²) in [6.07, 6.45) is 0. The van der Waals surface area contributed by atoms with E-state index in [4.69, 9.17) is 14.5 Å². The maximum atomic E-state index is 12.0. The summed E-state index contributed by atoms with van der Waals surface area (Å²) in [7, 11) is 1.40. The standard InChI is InChI=1S/C16H21N3O3S/c1-9-12(15(20)21-4)10(2)17-13(9)14-11(3)23-16(18-14)19-5-7-22-8-6-19/h17H,5-8H2,1-4H3. The van der Waals surface area contributed by atoms with Crippen molar-refractivity contribution in [1.82, 2.24) is 9.97 Å². The molecule has 0 unspecified atom stereocenters. The molecule has 2 aromatic heterocycles. The number of ether oxygens (including phenoxy) is 2. The van der Waals surface area contributed by atoms with Crippen LogP contribution in [0, 0.1) is 20.8 Å². The molecule has 2 aromatic rings. The lowest BCUT2D eigenvalue weighted by Crippen LogP contribution is -2.36. The number of methoxy groups -OCH3 is 1. The molecule has 0 aliphatic carbocycles. The van der Waals surface area contributed by atoms with Crippen molar-refractivity contribution < 1.29 is 14.3 Å². The normalized spacial score (nSPS) is 15.0. The van der Waals surface area contributed by atoms with Crippen LogP contribution in [0.2, 0.25) is 0 Å². The zero-order valence-electron chi connectivity index (χ0n) is 13.9. The van der Waals surface area contributed by atoms with Gasteiger partial charge in [0.2, 0.25) is 0 Å². The van der Waals surface area contributed by atoms with Gasteiger partial charge in [-0.3, -0.25) is 0 Å². The summed E-state index contributed by atoms with van der Waals surface area (Å²) in [5.41, 5.74) is 4.10. The van der Waals surface area contributed by atoms with Crippen LogP contribution in [0.25, 0.3) is 11.4 Å². The molecule has 23 heavy (non-hydrogen) atoms. The Morgan fingerprint density at radius 1 is 1.30 bits per heavy atom. The fraction of sp³-hybridized carbons (Fsp3) is 0.500. The molecule has 0 amide bonds. The highest BCUT2D eigenvalue weighted by atomic mass is 32.1. The number of H-pyrrole nitrogens is 1. The summed E-state index contributed by atoms with van der Waals surface area (Å²) < 4.78 is 10.3. The molecule has 0 bridgehead atoms. The molecule has 1 aliphatic heterocycles. The molecule has 1 fully saturated rings. The molecule has 0 aromatic carbocycles. The topological polar surface area (TPSA) is 67.5 Å². The fourth-order valence-electron chi connectivity index (χ4n) is 2.90. The van der Waals surface area contributed by atoms with Gasteiger partial charge in [0.25, 0.3) is 0 Å². The number of rotatable bonds is 3. The number of carbonyl (C=O) groups is 1. The summed E-state index contributed by atoms with van der Waals surface area (Å²) in [6, 6.07) is 0. The number of aryl methyl sites for hydroxylation is 2. The lowest BCUT2D eigenvalue weighted by atomic mass is 10.1. The molecule has 3 rings (SSSR count). The van der Waals surface area contributed by atoms with Gasteiger partial charge < -0.3 is 19.4 Å². The van der Waals surface area contributed by atoms with Gasteiger partial charge in [-0.15, -0.1) is 11.3 Å². The molecular formula is C16H21N3O3S. The Morgan fingerprint density at radius 2 is 2.00 bits per heavy atom. The van der Waals surface area contributed by atoms with E-state index in [9.17, 15) is 4.79 Å². The van der Waals surface area contributed by atoms with Crippen LogP contribution in [-0.2, 0) is 9.47 Å². The lowest BCUT2D eigenvalue weighted by Gasteiger charge is -2.26. The Kier molecular flexibility index (Phi) is 4.41. The van der Waals surface area contributed by atoms with E-state index in [2.05, 4.69) is 16.8 Å². The fourth-order valence-corrected chi connectivity index (χ4v) is 3.87. The van der Waals surface area contributed by atoms with Crippen molar-refractivity contribution in [3.8, 4) is 11.4 Å². The van der Waals surface area contributed by atoms with Gasteiger partial charge in [-0.2, -0.15) is 0 Å². The maximum absolute atomic E-state index is 12.0. The van der Waals surface area contributed by atoms with Crippen LogP contribution < -0.4 is 4.90 Å². The van der Waals surface area contributed by atoms with Crippen LogP contribution in [0.1, 0.15) is 26.5 Å². The summed E-state index contributed by atoms with van der Waals surface area (Å²) in [6.45, 7) is 9.07. The SMILES string of the molecule is COC(=O)c1c(C)[nH]c(-c2nc(N3CCOCC3)sc2C)c1C. The molecule has 124 valence electrons. The van der Waals surface area contributed by atoms with Crippen LogP contribution >= 0.6 is 11.3 Å². The predicted octanol–water partition coefficient (Wildman–Crippen LogP) is 2.69. The number of nitrogens with one attached hydrogen (secondary N) is 1. The molecule has 3 heterocycles. The van der Waals surface area contributed by atoms with Crippen molar-refractivity contribution in [3.63, 3.8) is 0 Å². The molecule has 0 atom stereocenters. The van der Waals surface area contributed by atoms with Crippen LogP contribution in [0.5, 0.6) is 0 Å². The van der Waals surface area contributed by atoms with Crippen molar-refractivity contribution in [2.75, 3.05) is 38.3 Å². The minimum atomic E-state index is -0.316. The van der Waals surface area contributed by atoms with Gasteiger partial charge in [-0.1, -0.05) is 0 Å². The average molecular weight is 335 g/mol. The van der Waals surface area contributed by atoms with Gasteiger partial charge in [0, 0.05) is 23.7 Å². The van der Waals surface area contributed by atoms with Crippen LogP contribution in [-0.4, -0.2) is 49.4 Å². The van der Waals surface area contributed by atoms with Crippen LogP contribution in [0.15, 0.2) is 0 Å². The van der Waals surface area contributed by atoms with Crippen molar-refractivity contribution in [1.29, 1.82) is 0 Å². The Balaban J connectivity index is 1.99. The van der Waals surface area contributed by atoms with Gasteiger partial charge in [0.1, 0.15) is 5.69 Å². The number of morpholine rings is 1. The Bertz CT molecular complexity index is 729. The third-order valence-corrected chi connectivity index (χ3v) is 5.16. The average Bonchev–Trinajstić information content (AvgIpc) is 3.07. The molecule has 1 saturated heterocycles. The van der Waals surface area contributed by atoms with E-state index < -0.39 is 0 Å². The number of hydrogen-bond donors (Lipinski definition) is 1. The highest BCUT2D eigenvalue weighted by Crippen LogP contribution is 2.35. The Hall–Kier alpha value is -1.86. The third kappa shape index (κ3) is 2.86. The predicted molar refractivity (Wildman–Crippen MR) is 90.5 cm³/mol. The largest absolute Gasteiger partial charge is 0.465 e. The molecule has 0 spiro atoms. The van der Waals surface area contributed by atoms with Crippen LogP contribution in [0.3, 0.4) is 0 Å². The molecule has 6 nitrogen and oxygen atoms in total. The lowest BCUT2D eigenvalue weighted by molar-refractivity contribution is 0.0599. The summed E-state index contributed by atoms with van der Waals surface area (Å²) in [4.78, 5) is 23.4. The van der Waals surface area contributed by atoms with E-state index in [1.807, 2.05) is 13.8 Å². The van der Waals surface area contributed by atoms with Crippen molar-refractivity contribution >= 4 is 22.4 Å². The molecule has 0 saturated carbocycles. The van der Waals surface area contributed by atoms with E-state index in [0.29, 0.717) is 5.56 Å². The Morgan fingerprint density at radius 3 is 2.65 bits per heavy atom. The van der Waals surface area contributed by atoms with E-state index in [1.165, 1.54) is 7.11 Å². The zero-order chi connectivity index (χ0) is 16.6. The number of esters is 1. The van der Waals surface area contributed by atoms with Gasteiger partial charge in [0.05, 0.1) is 31.6 Å². The first-order chi connectivity index (χ1) is 11.0. The monoisotopic (exact) mass is 335 g/mol. The van der Waals surface area contributed by atoms with Crippen molar-refractivity contribution in [2.45, 2.75) is 20.8 Å². The number of carbonyl (C=O) groups excluding carboxylic acids is 1. The number of aromatic amines is 1. The number of nitrogens with zero attached hydrogens (tertiary/aromatic N) is 2. The minimum absolute atomic E-state index is 0.316. The first-order valence-corrected chi connectivity index (χ1v) is 8.42. The Labute approximate surface area is 139 Å². The van der Waals surface area contributed by atoms with E-state index in [1.54, 1.807) is 11.3 Å². The molecular weight excluding hydrogens is 314 g/mol. The van der Waals surface area contributed by atoms with Crippen LogP contribution in [0.4, 0.5) is 5.13 Å². The molecule has 1 aliphatic rings. The maximum Gasteiger partial charge on any atom is 0.339 e. The van der Waals surface area contributed by atoms with Gasteiger partial charge >= 0.3 is 5.97 Å². The summed E-state index contributed by atoms with van der Waals surface area (Å²) in [5, 5.41) is 1.01. The minimum Gasteiger partial charge on any atom is -0.465 e. The van der Waals surface area contributed by atoms with Crippen molar-refractivity contribution in [3.05, 3.63) is 21.7 Å². The summed E-state index contributed by atoms with van der Waals surface area (Å²) >= 11 is 1.68. The number of thiazole rings is 1. The first-order valence-electron chi connectivity index (χ1n) is 7.61. The molecule has 1 N–H and O–H groups in total. The number of hydrogen-bond acceptors (Lipinski definition) is 6. The van der Waals surface area contributed by atoms with Gasteiger partial charge in [-0.25, -0.2) is 9.78 Å². The zero-order valence-corrected chi connectivity index (χ0v) is 14.7. The van der Waals surface area contributed by atoms with E-state index >= 15 is 0 Å². The second kappa shape index (κ2) is 6.33. The highest BCUT2D eigenvalue weighted by molar-refractivity contribution is 7.16. The second-order valence-electron chi connectivity index (χ2n) is 5.62. The number of anilines is 1. The molecule has 7 heteroatoms. The smallest absolute Gasteiger partial charge is 0.339 e. The van der Waals surface area contributed by atoms with E-state index in [-0.39, 0.29) is 5.97 Å². The number of aromatic nitrogens is 2.